The maximum absolute atomic E-state index is 13.2. The largest absolute Gasteiger partial charge is 0.481 e. The van der Waals surface area contributed by atoms with E-state index in [2.05, 4.69) is 25.2 Å². The van der Waals surface area contributed by atoms with Crippen LogP contribution in [-0.2, 0) is 30.6 Å². The Bertz CT molecular complexity index is 1260. The summed E-state index contributed by atoms with van der Waals surface area (Å²) in [5, 5.41) is 10.7. The lowest BCUT2D eigenvalue weighted by atomic mass is 10.0. The molecule has 1 amide bonds. The first-order chi connectivity index (χ1) is 16.2. The summed E-state index contributed by atoms with van der Waals surface area (Å²) in [6.45, 7) is 1.88. The van der Waals surface area contributed by atoms with Crippen molar-refractivity contribution < 1.29 is 31.5 Å². The third kappa shape index (κ3) is 8.18. The Kier molecular flexibility index (Phi) is 9.97. The lowest BCUT2D eigenvalue weighted by Gasteiger charge is -2.27. The van der Waals surface area contributed by atoms with E-state index in [9.17, 15) is 31.5 Å². The lowest BCUT2D eigenvalue weighted by molar-refractivity contribution is -0.146. The smallest absolute Gasteiger partial charge is 0.332 e. The van der Waals surface area contributed by atoms with Crippen LogP contribution in [0.2, 0.25) is 0 Å². The van der Waals surface area contributed by atoms with Crippen LogP contribution in [0.1, 0.15) is 26.2 Å². The fourth-order valence-corrected chi connectivity index (χ4v) is 3.14. The number of unbranched alkanes of at least 4 members (excludes halogenated alkanes) is 1. The molecule has 2 aromatic carbocycles. The van der Waals surface area contributed by atoms with Gasteiger partial charge < -0.3 is 5.11 Å². The molecular weight excluding hydrogens is 488 g/mol. The highest BCUT2D eigenvalue weighted by Gasteiger charge is 2.31. The first kappa shape index (κ1) is 26.3. The number of amides is 1. The molecule has 0 radical (unpaired) electrons. The monoisotopic (exact) mass is 510 g/mol. The molecule has 182 valence electrons. The molecule has 2 rings (SSSR count). The first-order valence-corrected chi connectivity index (χ1v) is 11.9. The van der Waals surface area contributed by atoms with Gasteiger partial charge in [-0.15, -0.1) is 0 Å². The average Bonchev–Trinajstić information content (AvgIpc) is 2.81. The molecule has 0 spiro atoms. The Morgan fingerprint density at radius 2 is 1.35 bits per heavy atom. The number of benzene rings is 2. The fourth-order valence-electron chi connectivity index (χ4n) is 2.78. The van der Waals surface area contributed by atoms with Gasteiger partial charge in [-0.1, -0.05) is 28.7 Å². The molecule has 0 heterocycles. The standard InChI is InChI=1S/C19H22N6O7S2/c1-2-3-4-17(19(27)28)18(26)25(16-11-9-14(10-12-16)21-24-34(31)32)22-15-7-5-13(6-8-15)20-23-33(29)30/h5-12,17,20-22H,2-4H2,1H3,(H,27,28). The van der Waals surface area contributed by atoms with Crippen LogP contribution < -0.4 is 21.3 Å². The minimum atomic E-state index is -2.66. The number of hydrogen-bond acceptors (Lipinski definition) is 9. The van der Waals surface area contributed by atoms with Crippen molar-refractivity contribution in [1.82, 2.24) is 0 Å². The van der Waals surface area contributed by atoms with Crippen molar-refractivity contribution in [3.05, 3.63) is 48.5 Å². The zero-order valence-electron chi connectivity index (χ0n) is 17.9. The number of hydrogen-bond donors (Lipinski definition) is 4. The fraction of sp³-hybridized carbons (Fsp3) is 0.263. The molecular formula is C19H22N6O7S2. The van der Waals surface area contributed by atoms with E-state index in [1.807, 2.05) is 6.92 Å². The molecule has 0 saturated carbocycles. The average molecular weight is 511 g/mol. The van der Waals surface area contributed by atoms with Gasteiger partial charge in [-0.05, 0) is 55.0 Å². The molecule has 0 saturated heterocycles. The molecule has 0 fully saturated rings. The van der Waals surface area contributed by atoms with E-state index in [0.29, 0.717) is 35.6 Å². The molecule has 1 atom stereocenters. The normalized spacial score (nSPS) is 11.0. The van der Waals surface area contributed by atoms with Gasteiger partial charge in [0.15, 0.2) is 0 Å². The molecule has 15 heteroatoms. The molecule has 0 aliphatic rings. The van der Waals surface area contributed by atoms with Crippen molar-refractivity contribution in [3.63, 3.8) is 0 Å². The van der Waals surface area contributed by atoms with E-state index in [0.717, 1.165) is 5.01 Å². The van der Waals surface area contributed by atoms with Crippen molar-refractivity contribution in [2.24, 2.45) is 14.9 Å². The van der Waals surface area contributed by atoms with E-state index in [1.54, 1.807) is 0 Å². The third-order valence-electron chi connectivity index (χ3n) is 4.41. The van der Waals surface area contributed by atoms with Gasteiger partial charge in [0.05, 0.1) is 22.7 Å². The van der Waals surface area contributed by atoms with E-state index < -0.39 is 38.8 Å². The Balaban J connectivity index is 2.36. The summed E-state index contributed by atoms with van der Waals surface area (Å²) in [6.07, 6.45) is 1.40. The summed E-state index contributed by atoms with van der Waals surface area (Å²) in [5.41, 5.74) is 8.91. The van der Waals surface area contributed by atoms with Crippen LogP contribution in [0.25, 0.3) is 0 Å². The Morgan fingerprint density at radius 3 is 1.79 bits per heavy atom. The Hall–Kier alpha value is -3.98. The van der Waals surface area contributed by atoms with E-state index in [-0.39, 0.29) is 6.42 Å². The number of nitrogens with one attached hydrogen (secondary N) is 3. The molecule has 13 nitrogen and oxygen atoms in total. The third-order valence-corrected chi connectivity index (χ3v) is 4.89. The molecule has 0 aliphatic carbocycles. The number of carbonyl (C=O) groups is 2. The van der Waals surface area contributed by atoms with Crippen molar-refractivity contribution in [1.29, 1.82) is 0 Å². The second-order valence-corrected chi connectivity index (χ2v) is 8.02. The molecule has 4 N–H and O–H groups in total. The van der Waals surface area contributed by atoms with Crippen LogP contribution in [0.4, 0.5) is 22.7 Å². The van der Waals surface area contributed by atoms with Gasteiger partial charge in [0, 0.05) is 0 Å². The number of carboxylic acid groups (broad SMARTS) is 1. The minimum absolute atomic E-state index is 0.146. The SMILES string of the molecule is CCCCC(C(=O)O)C(=O)N(Nc1ccc(NN=S(=O)=O)cc1)c1ccc(NN=S(=O)=O)cc1. The molecule has 0 aliphatic heterocycles. The molecule has 1 unspecified atom stereocenters. The highest BCUT2D eigenvalue weighted by molar-refractivity contribution is 7.61. The van der Waals surface area contributed by atoms with Crippen molar-refractivity contribution in [3.8, 4) is 0 Å². The van der Waals surface area contributed by atoms with Crippen LogP contribution in [0.3, 0.4) is 0 Å². The number of carboxylic acids is 1. The van der Waals surface area contributed by atoms with Crippen molar-refractivity contribution in [2.75, 3.05) is 21.3 Å². The quantitative estimate of drug-likeness (QED) is 0.244. The van der Waals surface area contributed by atoms with Crippen molar-refractivity contribution in [2.45, 2.75) is 26.2 Å². The number of anilines is 4. The second kappa shape index (κ2) is 12.9. The predicted molar refractivity (Wildman–Crippen MR) is 125 cm³/mol. The topological polar surface area (TPSA) is 187 Å². The van der Waals surface area contributed by atoms with Gasteiger partial charge in [-0.3, -0.25) is 25.9 Å². The summed E-state index contributed by atoms with van der Waals surface area (Å²) >= 11 is 0. The first-order valence-electron chi connectivity index (χ1n) is 9.87. The summed E-state index contributed by atoms with van der Waals surface area (Å²) < 4.78 is 48.5. The maximum Gasteiger partial charge on any atom is 0.332 e. The van der Waals surface area contributed by atoms with E-state index in [4.69, 9.17) is 0 Å². The van der Waals surface area contributed by atoms with E-state index in [1.165, 1.54) is 48.5 Å². The zero-order chi connectivity index (χ0) is 25.1. The van der Waals surface area contributed by atoms with Crippen LogP contribution in [-0.4, -0.2) is 33.8 Å². The number of hydrazine groups is 1. The zero-order valence-corrected chi connectivity index (χ0v) is 19.5. The maximum atomic E-state index is 13.2. The summed E-state index contributed by atoms with van der Waals surface area (Å²) in [7, 11) is -5.30. The molecule has 0 aromatic heterocycles. The number of rotatable bonds is 12. The highest BCUT2D eigenvalue weighted by Crippen LogP contribution is 2.24. The van der Waals surface area contributed by atoms with Gasteiger partial charge in [0.1, 0.15) is 5.92 Å². The van der Waals surface area contributed by atoms with Gasteiger partial charge in [0.25, 0.3) is 5.91 Å². The number of nitrogens with zero attached hydrogens (tertiary/aromatic N) is 3. The second-order valence-electron chi connectivity index (χ2n) is 6.78. The summed E-state index contributed by atoms with van der Waals surface area (Å²) in [6, 6.07) is 12.0. The van der Waals surface area contributed by atoms with E-state index >= 15 is 0 Å². The Morgan fingerprint density at radius 1 is 0.882 bits per heavy atom. The van der Waals surface area contributed by atoms with Crippen LogP contribution in [0, 0.1) is 5.92 Å². The molecule has 34 heavy (non-hydrogen) atoms. The summed E-state index contributed by atoms with van der Waals surface area (Å²) in [5.74, 6) is -3.26. The van der Waals surface area contributed by atoms with Gasteiger partial charge in [0.2, 0.25) is 0 Å². The molecule has 2 aromatic rings. The van der Waals surface area contributed by atoms with Crippen LogP contribution in [0.15, 0.2) is 57.5 Å². The lowest BCUT2D eigenvalue weighted by Crippen LogP contribution is -2.43. The summed E-state index contributed by atoms with van der Waals surface area (Å²) in [4.78, 5) is 25.0. The van der Waals surface area contributed by atoms with Crippen LogP contribution in [0.5, 0.6) is 0 Å². The highest BCUT2D eigenvalue weighted by atomic mass is 32.2. The van der Waals surface area contributed by atoms with Gasteiger partial charge >= 0.3 is 27.0 Å². The molecule has 0 bridgehead atoms. The van der Waals surface area contributed by atoms with Crippen LogP contribution >= 0.6 is 0 Å². The Labute approximate surface area is 198 Å². The minimum Gasteiger partial charge on any atom is -0.481 e. The number of aliphatic carboxylic acids is 1. The van der Waals surface area contributed by atoms with Gasteiger partial charge in [-0.25, -0.2) is 5.01 Å². The van der Waals surface area contributed by atoms with Crippen molar-refractivity contribution >= 4 is 55.6 Å². The predicted octanol–water partition coefficient (Wildman–Crippen LogP) is 2.72. The van der Waals surface area contributed by atoms with Gasteiger partial charge in [-0.2, -0.15) is 16.8 Å². The number of carbonyl (C=O) groups excluding carboxylic acids is 1.